The monoisotopic (exact) mass is 436 g/mol. The molecule has 4 heteroatoms. The molecule has 2 unspecified atom stereocenters. The molecule has 0 saturated heterocycles. The van der Waals surface area contributed by atoms with Crippen molar-refractivity contribution in [3.8, 4) is 0 Å². The maximum Gasteiger partial charge on any atom is 0.330 e. The van der Waals surface area contributed by atoms with Gasteiger partial charge in [-0.15, -0.1) is 0 Å². The fourth-order valence-electron chi connectivity index (χ4n) is 6.59. The molecular weight excluding hydrogens is 388 g/mol. The van der Waals surface area contributed by atoms with E-state index in [2.05, 4.69) is 54.5 Å². The fraction of sp³-hybridized carbons (Fsp3) is 0.885. The van der Waals surface area contributed by atoms with Gasteiger partial charge in [0, 0.05) is 12.2 Å². The van der Waals surface area contributed by atoms with E-state index in [0.717, 1.165) is 0 Å². The van der Waals surface area contributed by atoms with Gasteiger partial charge in [-0.1, -0.05) is 61.0 Å². The largest absolute Gasteiger partial charge is 0.463 e. The van der Waals surface area contributed by atoms with E-state index in [1.165, 1.54) is 50.2 Å². The van der Waals surface area contributed by atoms with Crippen molar-refractivity contribution in [2.24, 2.45) is 28.6 Å². The molecule has 0 aromatic rings. The van der Waals surface area contributed by atoms with Crippen molar-refractivity contribution in [1.29, 1.82) is 0 Å². The third-order valence-corrected chi connectivity index (χ3v) is 13.9. The third-order valence-electron chi connectivity index (χ3n) is 9.18. The first kappa shape index (κ1) is 25.6. The van der Waals surface area contributed by atoms with Crippen LogP contribution in [-0.2, 0) is 14.0 Å². The lowest BCUT2D eigenvalue weighted by molar-refractivity contribution is -0.137. The van der Waals surface area contributed by atoms with E-state index < -0.39 is 8.32 Å². The van der Waals surface area contributed by atoms with Gasteiger partial charge in [0.2, 0.25) is 0 Å². The van der Waals surface area contributed by atoms with Crippen molar-refractivity contribution in [2.45, 2.75) is 112 Å². The number of hydrogen-bond donors (Lipinski definition) is 0. The lowest BCUT2D eigenvalue weighted by Gasteiger charge is -2.50. The molecule has 0 radical (unpaired) electrons. The van der Waals surface area contributed by atoms with E-state index in [9.17, 15) is 4.79 Å². The smallest absolute Gasteiger partial charge is 0.330 e. The summed E-state index contributed by atoms with van der Waals surface area (Å²) in [6, 6.07) is 3.72. The molecule has 2 aliphatic rings. The number of ether oxygens (including phenoxy) is 1. The number of hydrogen-bond acceptors (Lipinski definition) is 3. The van der Waals surface area contributed by atoms with Crippen molar-refractivity contribution in [1.82, 2.24) is 0 Å². The molecule has 2 fully saturated rings. The number of fused-ring (bicyclic) bond motifs is 1. The first-order chi connectivity index (χ1) is 14.1. The molecule has 0 heterocycles. The van der Waals surface area contributed by atoms with Gasteiger partial charge in [-0.3, -0.25) is 0 Å². The van der Waals surface area contributed by atoms with E-state index in [-0.39, 0.29) is 11.4 Å². The van der Waals surface area contributed by atoms with E-state index in [0.29, 0.717) is 35.9 Å². The van der Waals surface area contributed by atoms with Gasteiger partial charge < -0.3 is 9.16 Å². The Labute approximate surface area is 187 Å². The number of carbonyl (C=O) groups is 1. The van der Waals surface area contributed by atoms with Gasteiger partial charge in [-0.25, -0.2) is 4.79 Å². The van der Waals surface area contributed by atoms with Crippen molar-refractivity contribution in [2.75, 3.05) is 6.61 Å². The lowest BCUT2D eigenvalue weighted by Crippen LogP contribution is -2.49. The van der Waals surface area contributed by atoms with Crippen molar-refractivity contribution in [3.63, 3.8) is 0 Å². The van der Waals surface area contributed by atoms with E-state index >= 15 is 0 Å². The van der Waals surface area contributed by atoms with Gasteiger partial charge in [0.05, 0.1) is 6.61 Å². The second-order valence-corrected chi connectivity index (χ2v) is 15.5. The summed E-state index contributed by atoms with van der Waals surface area (Å²) in [4.78, 5) is 11.9. The quantitative estimate of drug-likeness (QED) is 0.204. The number of carbonyl (C=O) groups excluding carboxylic acids is 1. The molecule has 0 bridgehead atoms. The summed E-state index contributed by atoms with van der Waals surface area (Å²) in [6.45, 7) is 18.8. The van der Waals surface area contributed by atoms with Crippen LogP contribution in [0.15, 0.2) is 12.2 Å². The van der Waals surface area contributed by atoms with Gasteiger partial charge in [0.1, 0.15) is 0 Å². The number of esters is 1. The topological polar surface area (TPSA) is 35.5 Å². The molecule has 2 rings (SSSR count). The zero-order valence-corrected chi connectivity index (χ0v) is 22.1. The van der Waals surface area contributed by atoms with E-state index in [4.69, 9.17) is 9.16 Å². The van der Waals surface area contributed by atoms with Crippen LogP contribution in [0.5, 0.6) is 0 Å². The second-order valence-electron chi connectivity index (χ2n) is 10.8. The second kappa shape index (κ2) is 10.3. The third kappa shape index (κ3) is 5.23. The maximum absolute atomic E-state index is 11.9. The minimum absolute atomic E-state index is 0.0299. The molecule has 0 aliphatic heterocycles. The fourth-order valence-corrected chi connectivity index (χ4v) is 9.51. The summed E-state index contributed by atoms with van der Waals surface area (Å²) in [6.07, 6.45) is 10.7. The van der Waals surface area contributed by atoms with Crippen LogP contribution in [0.2, 0.25) is 18.1 Å². The molecule has 30 heavy (non-hydrogen) atoms. The standard InChI is InChI=1S/C26H48O3Si/c1-9-28-24(27)17-19-25(6,7)20(5)21-15-16-22-23(14-13-18-26(21,22)8)29-30(10-2,11-3)12-4/h17,19-23H,9-16,18H2,1-8H3/b19-17+/t20-,21?,22?,23+,26-/m1/s1. The van der Waals surface area contributed by atoms with Gasteiger partial charge in [-0.05, 0) is 79.3 Å². The first-order valence-corrected chi connectivity index (χ1v) is 15.2. The molecule has 2 aliphatic carbocycles. The van der Waals surface area contributed by atoms with Crippen molar-refractivity contribution in [3.05, 3.63) is 12.2 Å². The summed E-state index contributed by atoms with van der Waals surface area (Å²) >= 11 is 0. The molecule has 0 spiro atoms. The Balaban J connectivity index is 2.18. The van der Waals surface area contributed by atoms with E-state index in [1.807, 2.05) is 6.92 Å². The van der Waals surface area contributed by atoms with Gasteiger partial charge in [0.25, 0.3) is 0 Å². The Kier molecular flexibility index (Phi) is 8.84. The van der Waals surface area contributed by atoms with Crippen LogP contribution in [0.4, 0.5) is 0 Å². The number of rotatable bonds is 10. The normalized spacial score (nSPS) is 31.0. The molecule has 0 aromatic carbocycles. The molecule has 3 nitrogen and oxygen atoms in total. The highest BCUT2D eigenvalue weighted by Gasteiger charge is 2.55. The molecule has 0 N–H and O–H groups in total. The molecule has 2 saturated carbocycles. The summed E-state index contributed by atoms with van der Waals surface area (Å²) in [5.41, 5.74) is 0.324. The lowest BCUT2D eigenvalue weighted by atomic mass is 9.58. The average Bonchev–Trinajstić information content (AvgIpc) is 3.08. The summed E-state index contributed by atoms with van der Waals surface area (Å²) in [5, 5.41) is 0. The minimum Gasteiger partial charge on any atom is -0.463 e. The summed E-state index contributed by atoms with van der Waals surface area (Å²) in [7, 11) is -1.58. The Bertz CT molecular complexity index is 587. The first-order valence-electron chi connectivity index (χ1n) is 12.6. The summed E-state index contributed by atoms with van der Waals surface area (Å²) < 4.78 is 12.2. The maximum atomic E-state index is 11.9. The van der Waals surface area contributed by atoms with Crippen LogP contribution < -0.4 is 0 Å². The highest BCUT2D eigenvalue weighted by molar-refractivity contribution is 6.73. The molecule has 5 atom stereocenters. The van der Waals surface area contributed by atoms with Gasteiger partial charge >= 0.3 is 5.97 Å². The zero-order chi connectivity index (χ0) is 22.6. The zero-order valence-electron chi connectivity index (χ0n) is 21.1. The minimum atomic E-state index is -1.58. The van der Waals surface area contributed by atoms with Crippen LogP contribution in [0, 0.1) is 28.6 Å². The van der Waals surface area contributed by atoms with Crippen LogP contribution in [0.25, 0.3) is 0 Å². The Morgan fingerprint density at radius 1 is 1.13 bits per heavy atom. The van der Waals surface area contributed by atoms with Crippen LogP contribution in [-0.4, -0.2) is 27.0 Å². The van der Waals surface area contributed by atoms with Crippen LogP contribution >= 0.6 is 0 Å². The Morgan fingerprint density at radius 3 is 2.33 bits per heavy atom. The predicted octanol–water partition coefficient (Wildman–Crippen LogP) is 7.37. The van der Waals surface area contributed by atoms with Gasteiger partial charge in [-0.2, -0.15) is 0 Å². The molecule has 0 amide bonds. The summed E-state index contributed by atoms with van der Waals surface area (Å²) in [5.74, 6) is 1.67. The highest BCUT2D eigenvalue weighted by atomic mass is 28.4. The number of allylic oxidation sites excluding steroid dienone is 1. The molecular formula is C26H48O3Si. The predicted molar refractivity (Wildman–Crippen MR) is 129 cm³/mol. The Hall–Kier alpha value is -0.613. The Morgan fingerprint density at radius 2 is 1.77 bits per heavy atom. The average molecular weight is 437 g/mol. The van der Waals surface area contributed by atoms with Gasteiger partial charge in [0.15, 0.2) is 8.32 Å². The molecule has 174 valence electrons. The highest BCUT2D eigenvalue weighted by Crippen LogP contribution is 2.61. The van der Waals surface area contributed by atoms with Crippen molar-refractivity contribution >= 4 is 14.3 Å². The van der Waals surface area contributed by atoms with E-state index in [1.54, 1.807) is 6.08 Å². The van der Waals surface area contributed by atoms with Crippen LogP contribution in [0.3, 0.4) is 0 Å². The SMILES string of the molecule is CCOC(=O)/C=C/C(C)(C)[C@H](C)C1CCC2[C@@H](O[Si](CC)(CC)CC)CCC[C@@]21C. The van der Waals surface area contributed by atoms with Crippen molar-refractivity contribution < 1.29 is 14.0 Å². The molecule has 0 aromatic heterocycles. The van der Waals surface area contributed by atoms with Crippen LogP contribution in [0.1, 0.15) is 87.5 Å².